The van der Waals surface area contributed by atoms with Gasteiger partial charge in [-0.3, -0.25) is 4.79 Å². The quantitative estimate of drug-likeness (QED) is 0.692. The number of carbonyl (C=O) groups excluding carboxylic acids is 1. The Bertz CT molecular complexity index is 930. The van der Waals surface area contributed by atoms with E-state index in [-0.39, 0.29) is 21.7 Å². The number of amides is 1. The summed E-state index contributed by atoms with van der Waals surface area (Å²) in [6.45, 7) is 3.57. The number of hydrogen-bond acceptors (Lipinski definition) is 5. The normalized spacial score (nSPS) is 16.3. The lowest BCUT2D eigenvalue weighted by molar-refractivity contribution is 0.0943. The number of thiophene rings is 1. The highest BCUT2D eigenvalue weighted by atomic mass is 32.2. The second-order valence-electron chi connectivity index (χ2n) is 7.51. The summed E-state index contributed by atoms with van der Waals surface area (Å²) in [7, 11) is 0.329. The van der Waals surface area contributed by atoms with Crippen molar-refractivity contribution in [3.63, 3.8) is 0 Å². The first-order chi connectivity index (χ1) is 13.8. The number of carbonyl (C=O) groups is 1. The molecule has 0 saturated carbocycles. The van der Waals surface area contributed by atoms with Crippen LogP contribution in [-0.2, 0) is 16.4 Å². The highest BCUT2D eigenvalue weighted by molar-refractivity contribution is 7.89. The number of nitrogens with zero attached hydrogens (tertiary/aromatic N) is 2. The van der Waals surface area contributed by atoms with Crippen LogP contribution in [0.5, 0.6) is 0 Å². The van der Waals surface area contributed by atoms with Crippen LogP contribution in [0, 0.1) is 0 Å². The first kappa shape index (κ1) is 22.0. The van der Waals surface area contributed by atoms with Gasteiger partial charge in [-0.15, -0.1) is 11.3 Å². The molecule has 1 atom stereocenters. The standard InChI is InChI=1S/C21H29N3O3S2/c1-4-16-7-9-17(10-8-16)18(23(2)3)15-22-21(25)20-19(11-14-28-20)29(26,27)24-12-5-6-13-24/h7-11,14,18H,4-6,12-13,15H2,1-3H3,(H,22,25). The Hall–Kier alpha value is -1.74. The Morgan fingerprint density at radius 2 is 1.83 bits per heavy atom. The zero-order valence-electron chi connectivity index (χ0n) is 17.2. The zero-order chi connectivity index (χ0) is 21.0. The molecule has 1 N–H and O–H groups in total. The summed E-state index contributed by atoms with van der Waals surface area (Å²) in [6, 6.07) is 9.93. The van der Waals surface area contributed by atoms with Crippen molar-refractivity contribution in [3.8, 4) is 0 Å². The fourth-order valence-electron chi connectivity index (χ4n) is 3.58. The number of likely N-dealkylation sites (N-methyl/N-ethyl adjacent to an activating group) is 1. The summed E-state index contributed by atoms with van der Waals surface area (Å²) in [4.78, 5) is 15.3. The van der Waals surface area contributed by atoms with Crippen LogP contribution in [0.25, 0.3) is 0 Å². The summed E-state index contributed by atoms with van der Waals surface area (Å²) in [5, 5.41) is 4.61. The molecule has 1 fully saturated rings. The smallest absolute Gasteiger partial charge is 0.262 e. The molecule has 8 heteroatoms. The Morgan fingerprint density at radius 1 is 1.17 bits per heavy atom. The van der Waals surface area contributed by atoms with Crippen LogP contribution in [0.1, 0.15) is 46.6 Å². The molecule has 1 aliphatic rings. The molecule has 29 heavy (non-hydrogen) atoms. The Morgan fingerprint density at radius 3 is 2.41 bits per heavy atom. The Kier molecular flexibility index (Phi) is 7.10. The molecule has 158 valence electrons. The van der Waals surface area contributed by atoms with Gasteiger partial charge in [0.25, 0.3) is 5.91 Å². The Balaban J connectivity index is 1.73. The topological polar surface area (TPSA) is 69.7 Å². The van der Waals surface area contributed by atoms with Crippen LogP contribution in [0.15, 0.2) is 40.6 Å². The van der Waals surface area contributed by atoms with Crippen LogP contribution in [-0.4, -0.2) is 57.3 Å². The number of sulfonamides is 1. The molecule has 1 aliphatic heterocycles. The third kappa shape index (κ3) is 4.88. The lowest BCUT2D eigenvalue weighted by atomic mass is 10.0. The van der Waals surface area contributed by atoms with Crippen molar-refractivity contribution in [3.05, 3.63) is 51.7 Å². The van der Waals surface area contributed by atoms with Crippen molar-refractivity contribution in [2.24, 2.45) is 0 Å². The summed E-state index contributed by atoms with van der Waals surface area (Å²) < 4.78 is 27.3. The van der Waals surface area contributed by atoms with Crippen LogP contribution in [0.4, 0.5) is 0 Å². The summed E-state index contributed by atoms with van der Waals surface area (Å²) in [5.41, 5.74) is 2.38. The van der Waals surface area contributed by atoms with Crippen LogP contribution in [0.2, 0.25) is 0 Å². The first-order valence-electron chi connectivity index (χ1n) is 9.95. The molecule has 6 nitrogen and oxygen atoms in total. The lowest BCUT2D eigenvalue weighted by Gasteiger charge is -2.25. The highest BCUT2D eigenvalue weighted by Gasteiger charge is 2.32. The van der Waals surface area contributed by atoms with Crippen molar-refractivity contribution in [1.82, 2.24) is 14.5 Å². The third-order valence-corrected chi connectivity index (χ3v) is 8.35. The van der Waals surface area contributed by atoms with Crippen LogP contribution in [0.3, 0.4) is 0 Å². The number of hydrogen-bond donors (Lipinski definition) is 1. The molecule has 0 bridgehead atoms. The fourth-order valence-corrected chi connectivity index (χ4v) is 6.41. The summed E-state index contributed by atoms with van der Waals surface area (Å²) >= 11 is 1.17. The monoisotopic (exact) mass is 435 g/mol. The number of nitrogens with one attached hydrogen (secondary N) is 1. The average Bonchev–Trinajstić information content (AvgIpc) is 3.40. The van der Waals surface area contributed by atoms with E-state index in [1.165, 1.54) is 21.2 Å². The lowest BCUT2D eigenvalue weighted by Crippen LogP contribution is -2.35. The summed E-state index contributed by atoms with van der Waals surface area (Å²) in [5.74, 6) is -0.338. The van der Waals surface area contributed by atoms with E-state index >= 15 is 0 Å². The van der Waals surface area contributed by atoms with E-state index in [2.05, 4.69) is 41.4 Å². The van der Waals surface area contributed by atoms with Crippen molar-refractivity contribution in [2.45, 2.75) is 37.1 Å². The molecule has 0 aliphatic carbocycles. The predicted octanol–water partition coefficient (Wildman–Crippen LogP) is 3.13. The van der Waals surface area contributed by atoms with Gasteiger partial charge in [-0.25, -0.2) is 8.42 Å². The van der Waals surface area contributed by atoms with Crippen molar-refractivity contribution >= 4 is 27.3 Å². The minimum absolute atomic E-state index is 0.00320. The van der Waals surface area contributed by atoms with Crippen molar-refractivity contribution in [1.29, 1.82) is 0 Å². The molecule has 0 radical (unpaired) electrons. The fraction of sp³-hybridized carbons (Fsp3) is 0.476. The SMILES string of the molecule is CCc1ccc(C(CNC(=O)c2sccc2S(=O)(=O)N2CCCC2)N(C)C)cc1. The minimum atomic E-state index is -3.61. The van der Waals surface area contributed by atoms with Gasteiger partial charge in [0.15, 0.2) is 0 Å². The maximum Gasteiger partial charge on any atom is 0.262 e. The molecule has 3 rings (SSSR count). The van der Waals surface area contributed by atoms with Gasteiger partial charge in [0, 0.05) is 19.6 Å². The zero-order valence-corrected chi connectivity index (χ0v) is 18.9. The number of rotatable bonds is 8. The van der Waals surface area contributed by atoms with Gasteiger partial charge in [-0.2, -0.15) is 4.31 Å². The second-order valence-corrected chi connectivity index (χ2v) is 10.3. The first-order valence-corrected chi connectivity index (χ1v) is 12.3. The van der Waals surface area contributed by atoms with Gasteiger partial charge in [-0.1, -0.05) is 31.2 Å². The molecule has 1 aromatic heterocycles. The molecular weight excluding hydrogens is 406 g/mol. The van der Waals surface area contributed by atoms with Gasteiger partial charge in [0.05, 0.1) is 6.04 Å². The van der Waals surface area contributed by atoms with Crippen molar-refractivity contribution in [2.75, 3.05) is 33.7 Å². The van der Waals surface area contributed by atoms with Crippen LogP contribution < -0.4 is 5.32 Å². The third-order valence-electron chi connectivity index (χ3n) is 5.37. The summed E-state index contributed by atoms with van der Waals surface area (Å²) in [6.07, 6.45) is 2.72. The van der Waals surface area contributed by atoms with Gasteiger partial charge in [-0.05, 0) is 55.9 Å². The molecule has 1 unspecified atom stereocenters. The minimum Gasteiger partial charge on any atom is -0.349 e. The molecule has 1 amide bonds. The Labute approximate surface area is 177 Å². The van der Waals surface area contributed by atoms with Gasteiger partial charge < -0.3 is 10.2 Å². The van der Waals surface area contributed by atoms with E-state index in [9.17, 15) is 13.2 Å². The second kappa shape index (κ2) is 9.38. The molecule has 1 saturated heterocycles. The molecule has 2 heterocycles. The maximum absolute atomic E-state index is 12.9. The molecular formula is C21H29N3O3S2. The average molecular weight is 436 g/mol. The van der Waals surface area contributed by atoms with Crippen LogP contribution >= 0.6 is 11.3 Å². The van der Waals surface area contributed by atoms with E-state index in [1.807, 2.05) is 14.1 Å². The molecule has 0 spiro atoms. The highest BCUT2D eigenvalue weighted by Crippen LogP contribution is 2.28. The predicted molar refractivity (Wildman–Crippen MR) is 117 cm³/mol. The largest absolute Gasteiger partial charge is 0.349 e. The van der Waals surface area contributed by atoms with Gasteiger partial charge in [0.1, 0.15) is 9.77 Å². The van der Waals surface area contributed by atoms with E-state index < -0.39 is 10.0 Å². The molecule has 1 aromatic carbocycles. The maximum atomic E-state index is 12.9. The number of aryl methyl sites for hydroxylation is 1. The van der Waals surface area contributed by atoms with E-state index in [0.29, 0.717) is 19.6 Å². The van der Waals surface area contributed by atoms with Gasteiger partial charge in [0.2, 0.25) is 10.0 Å². The molecule has 2 aromatic rings. The number of benzene rings is 1. The van der Waals surface area contributed by atoms with Crippen molar-refractivity contribution < 1.29 is 13.2 Å². The van der Waals surface area contributed by atoms with E-state index in [4.69, 9.17) is 0 Å². The van der Waals surface area contributed by atoms with E-state index in [0.717, 1.165) is 24.8 Å². The van der Waals surface area contributed by atoms with E-state index in [1.54, 1.807) is 11.4 Å². The van der Waals surface area contributed by atoms with Gasteiger partial charge >= 0.3 is 0 Å².